The first-order valence-electron chi connectivity index (χ1n) is 5.68. The summed E-state index contributed by atoms with van der Waals surface area (Å²) in [6.45, 7) is 0. The third-order valence-corrected chi connectivity index (χ3v) is 2.89. The van der Waals surface area contributed by atoms with Gasteiger partial charge in [0, 0.05) is 18.0 Å². The summed E-state index contributed by atoms with van der Waals surface area (Å²) in [6, 6.07) is 9.37. The van der Waals surface area contributed by atoms with Gasteiger partial charge in [0.05, 0.1) is 11.3 Å². The van der Waals surface area contributed by atoms with E-state index in [-0.39, 0.29) is 5.82 Å². The molecule has 0 saturated heterocycles. The van der Waals surface area contributed by atoms with Crippen molar-refractivity contribution in [1.82, 2.24) is 9.38 Å². The highest BCUT2D eigenvalue weighted by Gasteiger charge is 2.11. The lowest BCUT2D eigenvalue weighted by atomic mass is 10.2. The minimum Gasteiger partial charge on any atom is -0.365 e. The van der Waals surface area contributed by atoms with Gasteiger partial charge < -0.3 is 10.1 Å². The van der Waals surface area contributed by atoms with Gasteiger partial charge in [-0.25, -0.2) is 9.37 Å². The molecule has 0 aliphatic heterocycles. The Morgan fingerprint density at radius 2 is 1.95 bits per heavy atom. The average Bonchev–Trinajstić information content (AvgIpc) is 2.82. The lowest BCUT2D eigenvalue weighted by Gasteiger charge is -1.97. The molecule has 2 heterocycles. The van der Waals surface area contributed by atoms with Gasteiger partial charge in [-0.3, -0.25) is 4.79 Å². The predicted octanol–water partition coefficient (Wildman–Crippen LogP) is 2.24. The van der Waals surface area contributed by atoms with Crippen LogP contribution in [0.3, 0.4) is 0 Å². The zero-order valence-corrected chi connectivity index (χ0v) is 9.88. The Kier molecular flexibility index (Phi) is 2.52. The van der Waals surface area contributed by atoms with Crippen LogP contribution >= 0.6 is 0 Å². The smallest absolute Gasteiger partial charge is 0.252 e. The Morgan fingerprint density at radius 1 is 1.21 bits per heavy atom. The molecule has 3 aromatic rings. The van der Waals surface area contributed by atoms with Crippen LogP contribution in [0.4, 0.5) is 4.39 Å². The Balaban J connectivity index is 2.19. The van der Waals surface area contributed by atoms with Gasteiger partial charge in [0.2, 0.25) is 0 Å². The summed E-state index contributed by atoms with van der Waals surface area (Å²) in [5.41, 5.74) is 7.60. The van der Waals surface area contributed by atoms with Crippen LogP contribution in [-0.2, 0) is 0 Å². The van der Waals surface area contributed by atoms with Crippen LogP contribution in [0.2, 0.25) is 0 Å². The molecule has 4 nitrogen and oxygen atoms in total. The molecule has 0 unspecified atom stereocenters. The molecule has 0 fully saturated rings. The molecular weight excluding hydrogens is 245 g/mol. The molecular formula is C14H10FN3O. The number of imidazole rings is 1. The minimum atomic E-state index is -0.526. The third-order valence-electron chi connectivity index (χ3n) is 2.89. The summed E-state index contributed by atoms with van der Waals surface area (Å²) >= 11 is 0. The van der Waals surface area contributed by atoms with Gasteiger partial charge in [0.25, 0.3) is 5.91 Å². The number of nitrogens with two attached hydrogens (primary N) is 1. The van der Waals surface area contributed by atoms with Crippen molar-refractivity contribution in [2.45, 2.75) is 0 Å². The normalized spacial score (nSPS) is 10.8. The SMILES string of the molecule is NC(=O)c1cccn2cc(-c3ccc(F)cc3)nc12. The molecule has 2 aromatic heterocycles. The number of fused-ring (bicyclic) bond motifs is 1. The highest BCUT2D eigenvalue weighted by Crippen LogP contribution is 2.20. The van der Waals surface area contributed by atoms with Crippen molar-refractivity contribution in [3.05, 3.63) is 60.2 Å². The maximum Gasteiger partial charge on any atom is 0.252 e. The first kappa shape index (κ1) is 11.4. The van der Waals surface area contributed by atoms with E-state index in [0.29, 0.717) is 16.9 Å². The lowest BCUT2D eigenvalue weighted by molar-refractivity contribution is 0.100. The summed E-state index contributed by atoms with van der Waals surface area (Å²) in [5, 5.41) is 0. The van der Waals surface area contributed by atoms with Crippen LogP contribution in [-0.4, -0.2) is 15.3 Å². The number of carbonyl (C=O) groups is 1. The summed E-state index contributed by atoms with van der Waals surface area (Å²) in [5.74, 6) is -0.827. The van der Waals surface area contributed by atoms with E-state index in [2.05, 4.69) is 4.98 Å². The van der Waals surface area contributed by atoms with Gasteiger partial charge in [0.1, 0.15) is 11.5 Å². The molecule has 1 amide bonds. The van der Waals surface area contributed by atoms with E-state index < -0.39 is 5.91 Å². The topological polar surface area (TPSA) is 60.4 Å². The van der Waals surface area contributed by atoms with E-state index >= 15 is 0 Å². The second-order valence-corrected chi connectivity index (χ2v) is 4.15. The number of carbonyl (C=O) groups excluding carboxylic acids is 1. The first-order chi connectivity index (χ1) is 9.15. The van der Waals surface area contributed by atoms with Crippen LogP contribution in [0, 0.1) is 5.82 Å². The van der Waals surface area contributed by atoms with Gasteiger partial charge in [-0.15, -0.1) is 0 Å². The summed E-state index contributed by atoms with van der Waals surface area (Å²) in [7, 11) is 0. The van der Waals surface area contributed by atoms with Crippen LogP contribution in [0.1, 0.15) is 10.4 Å². The number of hydrogen-bond donors (Lipinski definition) is 1. The number of rotatable bonds is 2. The average molecular weight is 255 g/mol. The molecule has 0 spiro atoms. The van der Waals surface area contributed by atoms with E-state index in [1.165, 1.54) is 12.1 Å². The van der Waals surface area contributed by atoms with Crippen molar-refractivity contribution >= 4 is 11.6 Å². The molecule has 19 heavy (non-hydrogen) atoms. The third kappa shape index (κ3) is 1.95. The van der Waals surface area contributed by atoms with Gasteiger partial charge in [-0.2, -0.15) is 0 Å². The molecule has 0 aliphatic rings. The fraction of sp³-hybridized carbons (Fsp3) is 0. The maximum absolute atomic E-state index is 12.9. The van der Waals surface area contributed by atoms with Gasteiger partial charge in [-0.1, -0.05) is 0 Å². The Labute approximate surface area is 108 Å². The number of primary amides is 1. The zero-order valence-electron chi connectivity index (χ0n) is 9.88. The molecule has 0 aliphatic carbocycles. The van der Waals surface area contributed by atoms with Crippen molar-refractivity contribution in [2.24, 2.45) is 5.73 Å². The van der Waals surface area contributed by atoms with Crippen molar-refractivity contribution in [3.8, 4) is 11.3 Å². The molecule has 2 N–H and O–H groups in total. The van der Waals surface area contributed by atoms with Gasteiger partial charge in [0.15, 0.2) is 0 Å². The molecule has 0 bridgehead atoms. The van der Waals surface area contributed by atoms with Crippen LogP contribution in [0.25, 0.3) is 16.9 Å². The number of nitrogens with zero attached hydrogens (tertiary/aromatic N) is 2. The first-order valence-corrected chi connectivity index (χ1v) is 5.68. The molecule has 3 rings (SSSR count). The van der Waals surface area contributed by atoms with E-state index in [1.54, 1.807) is 41.1 Å². The maximum atomic E-state index is 12.9. The van der Waals surface area contributed by atoms with Crippen LogP contribution < -0.4 is 5.73 Å². The van der Waals surface area contributed by atoms with Gasteiger partial charge in [-0.05, 0) is 36.4 Å². The molecule has 0 atom stereocenters. The van der Waals surface area contributed by atoms with Crippen molar-refractivity contribution < 1.29 is 9.18 Å². The zero-order chi connectivity index (χ0) is 13.4. The highest BCUT2D eigenvalue weighted by molar-refractivity contribution is 5.98. The Bertz CT molecular complexity index is 762. The minimum absolute atomic E-state index is 0.301. The summed E-state index contributed by atoms with van der Waals surface area (Å²) < 4.78 is 14.6. The van der Waals surface area contributed by atoms with E-state index in [1.807, 2.05) is 0 Å². The number of benzene rings is 1. The molecule has 0 saturated carbocycles. The number of halogens is 1. The number of aromatic nitrogens is 2. The second-order valence-electron chi connectivity index (χ2n) is 4.15. The number of pyridine rings is 1. The van der Waals surface area contributed by atoms with Crippen molar-refractivity contribution in [1.29, 1.82) is 0 Å². The standard InChI is InChI=1S/C14H10FN3O/c15-10-5-3-9(4-6-10)12-8-18-7-1-2-11(13(16)19)14(18)17-12/h1-8H,(H2,16,19). The largest absolute Gasteiger partial charge is 0.365 e. The van der Waals surface area contributed by atoms with Gasteiger partial charge >= 0.3 is 0 Å². The fourth-order valence-corrected chi connectivity index (χ4v) is 1.97. The fourth-order valence-electron chi connectivity index (χ4n) is 1.97. The van der Waals surface area contributed by atoms with E-state index in [4.69, 9.17) is 5.73 Å². The number of hydrogen-bond acceptors (Lipinski definition) is 2. The van der Waals surface area contributed by atoms with Crippen LogP contribution in [0.15, 0.2) is 48.8 Å². The van der Waals surface area contributed by atoms with Crippen molar-refractivity contribution in [3.63, 3.8) is 0 Å². The molecule has 0 radical (unpaired) electrons. The summed E-state index contributed by atoms with van der Waals surface area (Å²) in [4.78, 5) is 15.7. The second kappa shape index (κ2) is 4.20. The molecule has 1 aromatic carbocycles. The quantitative estimate of drug-likeness (QED) is 0.763. The van der Waals surface area contributed by atoms with E-state index in [9.17, 15) is 9.18 Å². The summed E-state index contributed by atoms with van der Waals surface area (Å²) in [6.07, 6.45) is 3.55. The number of amides is 1. The predicted molar refractivity (Wildman–Crippen MR) is 69.1 cm³/mol. The monoisotopic (exact) mass is 255 g/mol. The Morgan fingerprint density at radius 3 is 2.63 bits per heavy atom. The Hall–Kier alpha value is -2.69. The lowest BCUT2D eigenvalue weighted by Crippen LogP contribution is -2.12. The highest BCUT2D eigenvalue weighted by atomic mass is 19.1. The molecule has 94 valence electrons. The van der Waals surface area contributed by atoms with E-state index in [0.717, 1.165) is 5.56 Å². The van der Waals surface area contributed by atoms with Crippen molar-refractivity contribution in [2.75, 3.05) is 0 Å². The molecule has 5 heteroatoms. The van der Waals surface area contributed by atoms with Crippen LogP contribution in [0.5, 0.6) is 0 Å².